The van der Waals surface area contributed by atoms with Crippen LogP contribution in [0, 0.1) is 11.3 Å². The van der Waals surface area contributed by atoms with Gasteiger partial charge >= 0.3 is 0 Å². The van der Waals surface area contributed by atoms with Crippen LogP contribution in [0.2, 0.25) is 19.6 Å². The first kappa shape index (κ1) is 16.8. The molecule has 0 aromatic heterocycles. The molecule has 0 aliphatic rings. The van der Waals surface area contributed by atoms with E-state index in [4.69, 9.17) is 14.4 Å². The predicted molar refractivity (Wildman–Crippen MR) is 93.5 cm³/mol. The van der Waals surface area contributed by atoms with E-state index in [-0.39, 0.29) is 0 Å². The van der Waals surface area contributed by atoms with Crippen LogP contribution in [0.1, 0.15) is 11.1 Å². The van der Waals surface area contributed by atoms with E-state index < -0.39 is 8.32 Å². The lowest BCUT2D eigenvalue weighted by molar-refractivity contribution is 0.298. The molecule has 0 fully saturated rings. The van der Waals surface area contributed by atoms with Gasteiger partial charge in [-0.25, -0.2) is 0 Å². The van der Waals surface area contributed by atoms with Crippen LogP contribution < -0.4 is 4.74 Å². The lowest BCUT2D eigenvalue weighted by atomic mass is 10.2. The average Bonchev–Trinajstić information content (AvgIpc) is 2.48. The molecule has 0 atom stereocenters. The number of nitrogens with zero attached hydrogens (tertiary/aromatic N) is 1. The Morgan fingerprint density at radius 3 is 2.27 bits per heavy atom. The molecule has 3 nitrogen and oxygen atoms in total. The Morgan fingerprint density at radius 2 is 1.68 bits per heavy atom. The summed E-state index contributed by atoms with van der Waals surface area (Å²) >= 11 is 3.55. The average molecular weight is 376 g/mol. The SMILES string of the molecule is C[Si](C)(C)OCc1cc(Oc2ccc(C#N)cc2)ccc1Br. The van der Waals surface area contributed by atoms with E-state index in [1.807, 2.05) is 18.2 Å². The molecule has 0 amide bonds. The standard InChI is InChI=1S/C17H18BrNO2Si/c1-22(2,3)20-12-14-10-16(8-9-17(14)18)21-15-6-4-13(11-19)5-7-15/h4-10H,12H2,1-3H3. The van der Waals surface area contributed by atoms with Gasteiger partial charge in [0.05, 0.1) is 18.2 Å². The summed E-state index contributed by atoms with van der Waals surface area (Å²) in [4.78, 5) is 0. The molecule has 0 unspecified atom stereocenters. The summed E-state index contributed by atoms with van der Waals surface area (Å²) < 4.78 is 12.8. The molecule has 114 valence electrons. The highest BCUT2D eigenvalue weighted by atomic mass is 79.9. The molecule has 0 heterocycles. The van der Waals surface area contributed by atoms with Gasteiger partial charge in [0.2, 0.25) is 0 Å². The number of halogens is 1. The lowest BCUT2D eigenvalue weighted by Crippen LogP contribution is -2.24. The zero-order valence-corrected chi connectivity index (χ0v) is 15.5. The van der Waals surface area contributed by atoms with Crippen molar-refractivity contribution in [3.05, 3.63) is 58.1 Å². The number of nitriles is 1. The fourth-order valence-electron chi connectivity index (χ4n) is 1.75. The normalized spacial score (nSPS) is 11.0. The molecule has 0 aliphatic heterocycles. The number of hydrogen-bond donors (Lipinski definition) is 0. The summed E-state index contributed by atoms with van der Waals surface area (Å²) in [5.41, 5.74) is 1.68. The Kier molecular flexibility index (Phi) is 5.41. The van der Waals surface area contributed by atoms with Gasteiger partial charge in [-0.15, -0.1) is 0 Å². The van der Waals surface area contributed by atoms with Crippen molar-refractivity contribution in [3.8, 4) is 17.6 Å². The van der Waals surface area contributed by atoms with Crippen molar-refractivity contribution in [3.63, 3.8) is 0 Å². The Balaban J connectivity index is 2.13. The first-order chi connectivity index (χ1) is 10.4. The molecular formula is C17H18BrNO2Si. The molecule has 0 radical (unpaired) electrons. The van der Waals surface area contributed by atoms with Crippen molar-refractivity contribution in [1.82, 2.24) is 0 Å². The largest absolute Gasteiger partial charge is 0.457 e. The Labute approximate surface area is 140 Å². The fraction of sp³-hybridized carbons (Fsp3) is 0.235. The maximum absolute atomic E-state index is 8.80. The van der Waals surface area contributed by atoms with Gasteiger partial charge in [-0.2, -0.15) is 5.26 Å². The van der Waals surface area contributed by atoms with Gasteiger partial charge in [0.1, 0.15) is 11.5 Å². The summed E-state index contributed by atoms with van der Waals surface area (Å²) in [5, 5.41) is 8.80. The van der Waals surface area contributed by atoms with E-state index in [1.165, 1.54) is 0 Å². The third-order valence-corrected chi connectivity index (χ3v) is 4.68. The van der Waals surface area contributed by atoms with Crippen LogP contribution in [-0.2, 0) is 11.0 Å². The number of benzene rings is 2. The first-order valence-corrected chi connectivity index (χ1v) is 11.2. The molecule has 0 saturated heterocycles. The fourth-order valence-corrected chi connectivity index (χ4v) is 2.70. The highest BCUT2D eigenvalue weighted by Gasteiger charge is 2.15. The molecule has 2 rings (SSSR count). The third kappa shape index (κ3) is 4.99. The van der Waals surface area contributed by atoms with E-state index in [1.54, 1.807) is 24.3 Å². The van der Waals surface area contributed by atoms with Crippen molar-refractivity contribution < 1.29 is 9.16 Å². The second kappa shape index (κ2) is 7.10. The van der Waals surface area contributed by atoms with Gasteiger partial charge in [0, 0.05) is 4.47 Å². The highest BCUT2D eigenvalue weighted by molar-refractivity contribution is 9.10. The third-order valence-electron chi connectivity index (χ3n) is 2.90. The molecule has 2 aromatic carbocycles. The second-order valence-corrected chi connectivity index (χ2v) is 11.3. The maximum atomic E-state index is 8.80. The Morgan fingerprint density at radius 1 is 1.05 bits per heavy atom. The van der Waals surface area contributed by atoms with Crippen molar-refractivity contribution >= 4 is 24.2 Å². The topological polar surface area (TPSA) is 42.2 Å². The van der Waals surface area contributed by atoms with Gasteiger partial charge in [-0.05, 0) is 67.7 Å². The summed E-state index contributed by atoms with van der Waals surface area (Å²) in [6, 6.07) is 15.0. The minimum Gasteiger partial charge on any atom is -0.457 e. The van der Waals surface area contributed by atoms with Crippen molar-refractivity contribution in [2.75, 3.05) is 0 Å². The van der Waals surface area contributed by atoms with E-state index in [0.29, 0.717) is 17.9 Å². The number of ether oxygens (including phenoxy) is 1. The van der Waals surface area contributed by atoms with E-state index in [9.17, 15) is 0 Å². The van der Waals surface area contributed by atoms with Crippen molar-refractivity contribution in [2.45, 2.75) is 26.2 Å². The summed E-state index contributed by atoms with van der Waals surface area (Å²) in [7, 11) is -1.56. The van der Waals surface area contributed by atoms with Crippen LogP contribution in [0.25, 0.3) is 0 Å². The lowest BCUT2D eigenvalue weighted by Gasteiger charge is -2.18. The molecular weight excluding hydrogens is 358 g/mol. The zero-order chi connectivity index (χ0) is 16.2. The van der Waals surface area contributed by atoms with Crippen molar-refractivity contribution in [1.29, 1.82) is 5.26 Å². The maximum Gasteiger partial charge on any atom is 0.184 e. The van der Waals surface area contributed by atoms with Gasteiger partial charge in [-0.3, -0.25) is 0 Å². The van der Waals surface area contributed by atoms with Crippen LogP contribution in [0.4, 0.5) is 0 Å². The smallest absolute Gasteiger partial charge is 0.184 e. The minimum atomic E-state index is -1.56. The molecule has 0 aliphatic carbocycles. The summed E-state index contributed by atoms with van der Waals surface area (Å²) in [6.07, 6.45) is 0. The van der Waals surface area contributed by atoms with E-state index >= 15 is 0 Å². The van der Waals surface area contributed by atoms with Gasteiger partial charge in [-0.1, -0.05) is 15.9 Å². The highest BCUT2D eigenvalue weighted by Crippen LogP contribution is 2.28. The van der Waals surface area contributed by atoms with E-state index in [0.717, 1.165) is 15.8 Å². The zero-order valence-electron chi connectivity index (χ0n) is 12.9. The summed E-state index contributed by atoms with van der Waals surface area (Å²) in [5.74, 6) is 1.46. The molecule has 22 heavy (non-hydrogen) atoms. The van der Waals surface area contributed by atoms with Crippen LogP contribution in [-0.4, -0.2) is 8.32 Å². The van der Waals surface area contributed by atoms with Gasteiger partial charge < -0.3 is 9.16 Å². The molecule has 0 spiro atoms. The summed E-state index contributed by atoms with van der Waals surface area (Å²) in [6.45, 7) is 7.06. The van der Waals surface area contributed by atoms with Crippen LogP contribution in [0.5, 0.6) is 11.5 Å². The molecule has 2 aromatic rings. The second-order valence-electron chi connectivity index (χ2n) is 5.89. The Hall–Kier alpha value is -1.61. The molecule has 0 N–H and O–H groups in total. The first-order valence-electron chi connectivity index (χ1n) is 6.98. The molecule has 5 heteroatoms. The van der Waals surface area contributed by atoms with Gasteiger partial charge in [0.25, 0.3) is 0 Å². The predicted octanol–water partition coefficient (Wildman–Crippen LogP) is 5.46. The van der Waals surface area contributed by atoms with Crippen LogP contribution in [0.15, 0.2) is 46.9 Å². The van der Waals surface area contributed by atoms with Gasteiger partial charge in [0.15, 0.2) is 8.32 Å². The van der Waals surface area contributed by atoms with Crippen LogP contribution in [0.3, 0.4) is 0 Å². The molecule has 0 bridgehead atoms. The number of rotatable bonds is 5. The van der Waals surface area contributed by atoms with E-state index in [2.05, 4.69) is 41.6 Å². The molecule has 0 saturated carbocycles. The Bertz CT molecular complexity index is 687. The number of hydrogen-bond acceptors (Lipinski definition) is 3. The monoisotopic (exact) mass is 375 g/mol. The quantitative estimate of drug-likeness (QED) is 0.651. The van der Waals surface area contributed by atoms with Crippen LogP contribution >= 0.6 is 15.9 Å². The minimum absolute atomic E-state index is 0.570. The van der Waals surface area contributed by atoms with Crippen molar-refractivity contribution in [2.24, 2.45) is 0 Å².